The van der Waals surface area contributed by atoms with E-state index >= 15 is 0 Å². The molecule has 0 saturated heterocycles. The maximum Gasteiger partial charge on any atom is 0.434 e. The summed E-state index contributed by atoms with van der Waals surface area (Å²) < 4.78 is 7.26. The van der Waals surface area contributed by atoms with Crippen LogP contribution >= 0.6 is 0 Å². The molecule has 6 aromatic heterocycles. The van der Waals surface area contributed by atoms with Gasteiger partial charge < -0.3 is 44.5 Å². The zero-order valence-electron chi connectivity index (χ0n) is 49.5. The second kappa shape index (κ2) is 24.0. The molecule has 0 aliphatic carbocycles. The van der Waals surface area contributed by atoms with E-state index in [4.69, 9.17) is 0 Å². The van der Waals surface area contributed by atoms with Gasteiger partial charge in [0.2, 0.25) is 0 Å². The topological polar surface area (TPSA) is 258 Å². The largest absolute Gasteiger partial charge is 0.434 e. The number of aromatic nitrogens is 12. The molecule has 6 heterocycles. The molecule has 0 atom stereocenters. The Hall–Kier alpha value is -6.54. The van der Waals surface area contributed by atoms with E-state index in [9.17, 15) is 30.3 Å². The molecule has 0 amide bonds. The lowest BCUT2D eigenvalue weighted by Gasteiger charge is -2.18. The summed E-state index contributed by atoms with van der Waals surface area (Å²) in [6.07, 6.45) is 5.94. The number of aryl methyl sites for hydroxylation is 6. The zero-order valence-corrected chi connectivity index (χ0v) is 49.5. The third kappa shape index (κ3) is 18.5. The predicted octanol–water partition coefficient (Wildman–Crippen LogP) is 11.9. The van der Waals surface area contributed by atoms with Crippen molar-refractivity contribution < 1.29 is 14.8 Å². The number of nitrogens with zero attached hydrogens (tertiary/aromatic N) is 13. The van der Waals surface area contributed by atoms with Crippen molar-refractivity contribution in [2.24, 2.45) is 28.2 Å². The van der Waals surface area contributed by atoms with E-state index in [0.717, 1.165) is 57.3 Å². The fraction of sp³-hybridized carbons (Fsp3) is 0.654. The Labute approximate surface area is 434 Å². The van der Waals surface area contributed by atoms with Crippen molar-refractivity contribution in [3.63, 3.8) is 0 Å². The Balaban J connectivity index is 0.000000440. The highest BCUT2D eigenvalue weighted by Crippen LogP contribution is 2.30. The molecular formula is C52H89N15O6. The van der Waals surface area contributed by atoms with Gasteiger partial charge in [0.25, 0.3) is 0 Å². The third-order valence-electron chi connectivity index (χ3n) is 11.5. The lowest BCUT2D eigenvalue weighted by atomic mass is 9.91. The van der Waals surface area contributed by atoms with Gasteiger partial charge in [-0.2, -0.15) is 0 Å². The SMILES string of the molecule is Cc1[nH]c([N+](=O)[O-])nc1C(C)(C)C.Cc1c(C(C)(C)C)nc([N+](=O)[O-])n1C.Cc1nc(C(C)(C)C)cn1C.Cc1nc([N+](=O)[O-])n(C)c1C(C)(C)C.Cc1ncc(C(C)(C)C)[nH]1.Cc1ncc(C(C)(C)C)n1C. The van der Waals surface area contributed by atoms with Gasteiger partial charge in [0, 0.05) is 76.6 Å². The zero-order chi connectivity index (χ0) is 57.5. The van der Waals surface area contributed by atoms with Crippen molar-refractivity contribution in [3.8, 4) is 0 Å². The van der Waals surface area contributed by atoms with E-state index in [-0.39, 0.29) is 50.3 Å². The molecule has 6 aromatic rings. The first-order chi connectivity index (χ1) is 32.7. The van der Waals surface area contributed by atoms with Crippen molar-refractivity contribution in [1.82, 2.24) is 58.1 Å². The Morgan fingerprint density at radius 3 is 1.19 bits per heavy atom. The average molecular weight is 1020 g/mol. The lowest BCUT2D eigenvalue weighted by Crippen LogP contribution is -2.17. The molecule has 0 radical (unpaired) electrons. The Morgan fingerprint density at radius 1 is 0.493 bits per heavy atom. The van der Waals surface area contributed by atoms with E-state index in [2.05, 4.69) is 125 Å². The Morgan fingerprint density at radius 2 is 0.986 bits per heavy atom. The number of nitrogens with one attached hydrogen (secondary N) is 2. The van der Waals surface area contributed by atoms with Crippen LogP contribution in [-0.4, -0.2) is 72.9 Å². The van der Waals surface area contributed by atoms with E-state index in [0.29, 0.717) is 0 Å². The highest BCUT2D eigenvalue weighted by Gasteiger charge is 2.32. The van der Waals surface area contributed by atoms with Crippen molar-refractivity contribution >= 4 is 17.8 Å². The number of hydrogen-bond donors (Lipinski definition) is 2. The van der Waals surface area contributed by atoms with Gasteiger partial charge in [0.05, 0.1) is 19.8 Å². The molecule has 408 valence electrons. The molecule has 0 saturated carbocycles. The highest BCUT2D eigenvalue weighted by molar-refractivity contribution is 5.29. The van der Waals surface area contributed by atoms with E-state index in [1.54, 1.807) is 32.5 Å². The number of hydrogen-bond acceptors (Lipinski definition) is 12. The molecule has 0 aromatic carbocycles. The minimum Gasteiger partial charge on any atom is -0.390 e. The normalized spacial score (nSPS) is 11.9. The van der Waals surface area contributed by atoms with Crippen LogP contribution in [0.1, 0.15) is 193 Å². The Kier molecular flexibility index (Phi) is 21.2. The van der Waals surface area contributed by atoms with Crippen molar-refractivity contribution in [2.75, 3.05) is 0 Å². The summed E-state index contributed by atoms with van der Waals surface area (Å²) in [5.41, 5.74) is 8.57. The number of rotatable bonds is 3. The molecule has 21 nitrogen and oxygen atoms in total. The van der Waals surface area contributed by atoms with Gasteiger partial charge in [-0.1, -0.05) is 140 Å². The summed E-state index contributed by atoms with van der Waals surface area (Å²) in [7, 11) is 7.43. The van der Waals surface area contributed by atoms with Gasteiger partial charge >= 0.3 is 17.8 Å². The van der Waals surface area contributed by atoms with Crippen LogP contribution in [0.3, 0.4) is 0 Å². The third-order valence-corrected chi connectivity index (χ3v) is 11.5. The van der Waals surface area contributed by atoms with Gasteiger partial charge in [0.1, 0.15) is 34.6 Å². The summed E-state index contributed by atoms with van der Waals surface area (Å²) in [4.78, 5) is 60.8. The van der Waals surface area contributed by atoms with Crippen LogP contribution in [0.25, 0.3) is 0 Å². The second-order valence-electron chi connectivity index (χ2n) is 24.5. The lowest BCUT2D eigenvalue weighted by molar-refractivity contribution is -0.396. The monoisotopic (exact) mass is 1020 g/mol. The highest BCUT2D eigenvalue weighted by atomic mass is 16.6. The van der Waals surface area contributed by atoms with Gasteiger partial charge in [-0.25, -0.2) is 29.1 Å². The first-order valence-corrected chi connectivity index (χ1v) is 24.2. The number of nitro groups is 3. The van der Waals surface area contributed by atoms with Crippen LogP contribution in [0.2, 0.25) is 0 Å². The molecule has 0 aliphatic heterocycles. The van der Waals surface area contributed by atoms with Gasteiger partial charge in [0.15, 0.2) is 17.1 Å². The van der Waals surface area contributed by atoms with E-state index in [1.165, 1.54) is 16.0 Å². The fourth-order valence-electron chi connectivity index (χ4n) is 7.45. The van der Waals surface area contributed by atoms with Crippen molar-refractivity contribution in [1.29, 1.82) is 0 Å². The van der Waals surface area contributed by atoms with Crippen LogP contribution in [0.4, 0.5) is 17.8 Å². The molecule has 21 heteroatoms. The quantitative estimate of drug-likeness (QED) is 0.124. The van der Waals surface area contributed by atoms with Crippen LogP contribution < -0.4 is 0 Å². The summed E-state index contributed by atoms with van der Waals surface area (Å²) in [6, 6.07) is 0. The molecule has 0 fully saturated rings. The molecular weight excluding hydrogens is 931 g/mol. The number of H-pyrrole nitrogens is 2. The number of aromatic amines is 2. The van der Waals surface area contributed by atoms with Crippen LogP contribution in [0, 0.1) is 71.9 Å². The molecule has 0 bridgehead atoms. The average Bonchev–Trinajstić information content (AvgIpc) is 4.06. The van der Waals surface area contributed by atoms with Gasteiger partial charge in [-0.15, -0.1) is 0 Å². The van der Waals surface area contributed by atoms with Crippen LogP contribution in [-0.2, 0) is 60.7 Å². The molecule has 0 aliphatic rings. The van der Waals surface area contributed by atoms with Gasteiger partial charge in [-0.05, 0) is 56.3 Å². The molecule has 6 rings (SSSR count). The van der Waals surface area contributed by atoms with Gasteiger partial charge in [-0.3, -0.25) is 0 Å². The van der Waals surface area contributed by atoms with Crippen LogP contribution in [0.15, 0.2) is 18.6 Å². The smallest absolute Gasteiger partial charge is 0.390 e. The second-order valence-corrected chi connectivity index (χ2v) is 24.5. The van der Waals surface area contributed by atoms with Crippen molar-refractivity contribution in [3.05, 3.63) is 118 Å². The van der Waals surface area contributed by atoms with E-state index < -0.39 is 14.8 Å². The minimum absolute atomic E-state index is 0.0903. The minimum atomic E-state index is -0.512. The number of imidazole rings is 6. The van der Waals surface area contributed by atoms with Crippen molar-refractivity contribution in [2.45, 2.75) is 199 Å². The first kappa shape index (κ1) is 64.5. The summed E-state index contributed by atoms with van der Waals surface area (Å²) in [6.45, 7) is 49.0. The maximum absolute atomic E-state index is 10.6. The van der Waals surface area contributed by atoms with E-state index in [1.807, 2.05) is 109 Å². The summed E-state index contributed by atoms with van der Waals surface area (Å²) in [5.74, 6) is 2.79. The van der Waals surface area contributed by atoms with Crippen LogP contribution in [0.5, 0.6) is 0 Å². The Bertz CT molecular complexity index is 2760. The first-order valence-electron chi connectivity index (χ1n) is 24.2. The summed E-state index contributed by atoms with van der Waals surface area (Å²) >= 11 is 0. The molecule has 0 spiro atoms. The predicted molar refractivity (Wildman–Crippen MR) is 291 cm³/mol. The molecule has 73 heavy (non-hydrogen) atoms. The standard InChI is InChI=1S/2C9H15N3O2.2C9H16N2.C8H13N3O2.C8H14N2/c1-6-7(9(2,3)4)10-8(11(6)5)12(13)14;1-6-7(9(2,3)4)11(5)8(10-6)12(13)14;1-7-10-8(6-11(7)5)9(2,3)4;1-7-10-6-8(11(7)5)9(2,3)4;1-5-6(8(2,3)4)10-7(9-5)11(12)13;1-6-9-5-7(10-6)8(2,3)4/h2*1-5H3;2*6H,1-5H3;1-4H3,(H,9,10);5H,1-4H3,(H,9,10). The summed E-state index contributed by atoms with van der Waals surface area (Å²) in [5, 5.41) is 31.7. The molecule has 0 unspecified atom stereocenters. The molecule has 2 N–H and O–H groups in total. The fourth-order valence-corrected chi connectivity index (χ4v) is 7.45. The maximum atomic E-state index is 10.6.